The Balaban J connectivity index is 1.32. The molecule has 0 radical (unpaired) electrons. The van der Waals surface area contributed by atoms with Crippen LogP contribution in [0.2, 0.25) is 0 Å². The largest absolute Gasteiger partial charge is 0.496 e. The molecule has 34 heavy (non-hydrogen) atoms. The van der Waals surface area contributed by atoms with Crippen LogP contribution in [0.3, 0.4) is 0 Å². The fraction of sp³-hybridized carbons (Fsp3) is 0.423. The molecule has 4 aromatic rings. The Bertz CT molecular complexity index is 1390. The summed E-state index contributed by atoms with van der Waals surface area (Å²) < 4.78 is 9.56. The van der Waals surface area contributed by atoms with Crippen molar-refractivity contribution >= 4 is 11.3 Å². The van der Waals surface area contributed by atoms with Crippen LogP contribution >= 0.6 is 0 Å². The lowest BCUT2D eigenvalue weighted by Crippen LogP contribution is -2.44. The molecule has 0 amide bonds. The number of nitrogens with zero attached hydrogens (tertiary/aromatic N) is 6. The van der Waals surface area contributed by atoms with Crippen LogP contribution in [0.4, 0.5) is 5.82 Å². The first-order valence-electron chi connectivity index (χ1n) is 11.9. The second kappa shape index (κ2) is 7.56. The van der Waals surface area contributed by atoms with Gasteiger partial charge >= 0.3 is 0 Å². The van der Waals surface area contributed by atoms with Gasteiger partial charge in [0, 0.05) is 37.4 Å². The van der Waals surface area contributed by atoms with Crippen LogP contribution in [-0.2, 0) is 13.5 Å². The van der Waals surface area contributed by atoms with Crippen molar-refractivity contribution in [1.29, 1.82) is 0 Å². The predicted octanol–water partition coefficient (Wildman–Crippen LogP) is 3.60. The van der Waals surface area contributed by atoms with E-state index in [-0.39, 0.29) is 11.5 Å². The van der Waals surface area contributed by atoms with E-state index in [1.54, 1.807) is 7.11 Å². The van der Waals surface area contributed by atoms with Crippen molar-refractivity contribution in [1.82, 2.24) is 24.4 Å². The van der Waals surface area contributed by atoms with Gasteiger partial charge in [-0.05, 0) is 61.8 Å². The number of ether oxygens (including phenoxy) is 1. The minimum atomic E-state index is 0.0420. The molecule has 1 aliphatic heterocycles. The van der Waals surface area contributed by atoms with Gasteiger partial charge in [0.25, 0.3) is 0 Å². The van der Waals surface area contributed by atoms with Crippen LogP contribution < -0.4 is 15.4 Å². The minimum Gasteiger partial charge on any atom is -0.496 e. The van der Waals surface area contributed by atoms with E-state index in [0.717, 1.165) is 72.1 Å². The van der Waals surface area contributed by atoms with Crippen molar-refractivity contribution < 1.29 is 4.74 Å². The van der Waals surface area contributed by atoms with Crippen LogP contribution in [0.15, 0.2) is 36.7 Å². The maximum atomic E-state index is 6.85. The summed E-state index contributed by atoms with van der Waals surface area (Å²) in [6, 6.07) is 8.38. The second-order valence-corrected chi connectivity index (χ2v) is 9.80. The number of anilines is 1. The van der Waals surface area contributed by atoms with Crippen LogP contribution in [0, 0.1) is 19.3 Å². The van der Waals surface area contributed by atoms with Crippen LogP contribution in [-0.4, -0.2) is 44.6 Å². The standard InChI is InChI=1S/C26H31N7O/c1-16-23(20-15-29-31(3)17(20)2)33-21(8-11-28-33)25(30-16)32-12-9-26(10-13-32)14-19-18(24(26)27)6-5-7-22(19)34-4/h5-8,11,15,24H,9-10,12-14,27H2,1-4H3/t24-/m1/s1. The van der Waals surface area contributed by atoms with Crippen molar-refractivity contribution in [2.24, 2.45) is 18.2 Å². The van der Waals surface area contributed by atoms with Crippen molar-refractivity contribution in [2.75, 3.05) is 25.1 Å². The Labute approximate surface area is 199 Å². The number of nitrogens with two attached hydrogens (primary N) is 1. The number of benzene rings is 1. The summed E-state index contributed by atoms with van der Waals surface area (Å²) in [4.78, 5) is 7.51. The zero-order valence-corrected chi connectivity index (χ0v) is 20.2. The van der Waals surface area contributed by atoms with Gasteiger partial charge in [0.15, 0.2) is 5.82 Å². The first-order valence-corrected chi connectivity index (χ1v) is 11.9. The van der Waals surface area contributed by atoms with Crippen LogP contribution in [0.25, 0.3) is 16.8 Å². The zero-order chi connectivity index (χ0) is 23.6. The highest BCUT2D eigenvalue weighted by Gasteiger charge is 2.47. The normalized spacial score (nSPS) is 19.2. The number of hydrogen-bond donors (Lipinski definition) is 1. The lowest BCUT2D eigenvalue weighted by molar-refractivity contribution is 0.186. The highest BCUT2D eigenvalue weighted by atomic mass is 16.5. The van der Waals surface area contributed by atoms with Crippen molar-refractivity contribution in [3.63, 3.8) is 0 Å². The molecule has 1 spiro atoms. The average Bonchev–Trinajstić information content (AvgIpc) is 3.53. The van der Waals surface area contributed by atoms with Crippen LogP contribution in [0.5, 0.6) is 5.75 Å². The summed E-state index contributed by atoms with van der Waals surface area (Å²) in [5, 5.41) is 9.10. The third kappa shape index (κ3) is 2.91. The third-order valence-corrected chi connectivity index (χ3v) is 8.16. The molecule has 8 nitrogen and oxygen atoms in total. The summed E-state index contributed by atoms with van der Waals surface area (Å²) >= 11 is 0. The maximum absolute atomic E-state index is 6.85. The first kappa shape index (κ1) is 21.2. The maximum Gasteiger partial charge on any atom is 0.155 e. The summed E-state index contributed by atoms with van der Waals surface area (Å²) in [5.41, 5.74) is 14.6. The Hall–Kier alpha value is -3.39. The predicted molar refractivity (Wildman–Crippen MR) is 132 cm³/mol. The molecule has 2 aliphatic rings. The van der Waals surface area contributed by atoms with E-state index in [4.69, 9.17) is 15.5 Å². The van der Waals surface area contributed by atoms with E-state index < -0.39 is 0 Å². The molecule has 2 N–H and O–H groups in total. The molecule has 8 heteroatoms. The van der Waals surface area contributed by atoms with E-state index in [9.17, 15) is 0 Å². The molecule has 1 fully saturated rings. The Morgan fingerprint density at radius 1 is 1.12 bits per heavy atom. The van der Waals surface area contributed by atoms with Crippen molar-refractivity contribution in [2.45, 2.75) is 39.2 Å². The number of hydrogen-bond acceptors (Lipinski definition) is 6. The quantitative estimate of drug-likeness (QED) is 0.506. The van der Waals surface area contributed by atoms with Gasteiger partial charge in [-0.3, -0.25) is 4.68 Å². The molecule has 0 saturated carbocycles. The number of methoxy groups -OCH3 is 1. The van der Waals surface area contributed by atoms with Gasteiger partial charge in [-0.25, -0.2) is 9.50 Å². The Morgan fingerprint density at radius 3 is 2.62 bits per heavy atom. The molecule has 0 bridgehead atoms. The van der Waals surface area contributed by atoms with E-state index >= 15 is 0 Å². The van der Waals surface area contributed by atoms with Gasteiger partial charge in [0.05, 0.1) is 30.9 Å². The SMILES string of the molecule is COc1cccc2c1CC1(CCN(c3nc(C)c(-c4cnn(C)c4C)n4nccc34)CC1)[C@@H]2N. The molecule has 1 atom stereocenters. The van der Waals surface area contributed by atoms with Gasteiger partial charge < -0.3 is 15.4 Å². The fourth-order valence-electron chi connectivity index (χ4n) is 6.04. The fourth-order valence-corrected chi connectivity index (χ4v) is 6.04. The van der Waals surface area contributed by atoms with Crippen molar-refractivity contribution in [3.05, 3.63) is 59.2 Å². The molecule has 4 heterocycles. The van der Waals surface area contributed by atoms with E-state index in [2.05, 4.69) is 47.1 Å². The number of aryl methyl sites for hydroxylation is 2. The van der Waals surface area contributed by atoms with Gasteiger partial charge in [-0.15, -0.1) is 0 Å². The van der Waals surface area contributed by atoms with E-state index in [1.165, 1.54) is 11.1 Å². The number of fused-ring (bicyclic) bond motifs is 2. The van der Waals surface area contributed by atoms with E-state index in [0.29, 0.717) is 0 Å². The van der Waals surface area contributed by atoms with Gasteiger partial charge in [-0.2, -0.15) is 10.2 Å². The molecule has 176 valence electrons. The smallest absolute Gasteiger partial charge is 0.155 e. The molecule has 1 saturated heterocycles. The first-order chi connectivity index (χ1) is 16.4. The number of rotatable bonds is 3. The van der Waals surface area contributed by atoms with Crippen LogP contribution in [0.1, 0.15) is 41.4 Å². The topological polar surface area (TPSA) is 86.5 Å². The van der Waals surface area contributed by atoms with Crippen molar-refractivity contribution in [3.8, 4) is 17.0 Å². The lowest BCUT2D eigenvalue weighted by atomic mass is 9.73. The second-order valence-electron chi connectivity index (χ2n) is 9.80. The van der Waals surface area contributed by atoms with Gasteiger partial charge in [-0.1, -0.05) is 12.1 Å². The molecule has 6 rings (SSSR count). The molecule has 1 aliphatic carbocycles. The third-order valence-electron chi connectivity index (χ3n) is 8.16. The summed E-state index contributed by atoms with van der Waals surface area (Å²) in [6.45, 7) is 5.98. The monoisotopic (exact) mass is 457 g/mol. The number of aromatic nitrogens is 5. The van der Waals surface area contributed by atoms with Gasteiger partial charge in [0.2, 0.25) is 0 Å². The minimum absolute atomic E-state index is 0.0420. The average molecular weight is 458 g/mol. The summed E-state index contributed by atoms with van der Waals surface area (Å²) in [5.74, 6) is 1.96. The Morgan fingerprint density at radius 2 is 1.91 bits per heavy atom. The molecular weight excluding hydrogens is 426 g/mol. The van der Waals surface area contributed by atoms with Gasteiger partial charge in [0.1, 0.15) is 11.3 Å². The zero-order valence-electron chi connectivity index (χ0n) is 20.2. The highest BCUT2D eigenvalue weighted by Crippen LogP contribution is 2.53. The summed E-state index contributed by atoms with van der Waals surface area (Å²) in [6.07, 6.45) is 6.79. The number of piperidine rings is 1. The lowest BCUT2D eigenvalue weighted by Gasteiger charge is -2.42. The Kier molecular flexibility index (Phi) is 4.71. The highest BCUT2D eigenvalue weighted by molar-refractivity contribution is 5.76. The summed E-state index contributed by atoms with van der Waals surface area (Å²) in [7, 11) is 3.71. The molecule has 1 aromatic carbocycles. The van der Waals surface area contributed by atoms with E-state index in [1.807, 2.05) is 34.7 Å². The molecular formula is C26H31N7O. The molecule has 3 aromatic heterocycles. The molecule has 0 unspecified atom stereocenters.